The molecule has 0 aliphatic carbocycles. The predicted octanol–water partition coefficient (Wildman–Crippen LogP) is 6.49. The van der Waals surface area contributed by atoms with Crippen LogP contribution in [-0.4, -0.2) is 13.0 Å². The van der Waals surface area contributed by atoms with Gasteiger partial charge in [-0.25, -0.2) is 0 Å². The van der Waals surface area contributed by atoms with Crippen LogP contribution in [0.4, 0.5) is 18.9 Å². The van der Waals surface area contributed by atoms with Gasteiger partial charge in [-0.05, 0) is 59.7 Å². The summed E-state index contributed by atoms with van der Waals surface area (Å²) in [5.74, 6) is -0.0244. The molecule has 0 heterocycles. The van der Waals surface area contributed by atoms with E-state index in [-0.39, 0.29) is 17.9 Å². The van der Waals surface area contributed by atoms with Crippen molar-refractivity contribution in [2.45, 2.75) is 12.8 Å². The standard InChI is InChI=1S/C25H18ClF3N2O3/c1-33-23-12-17(7-10-22(23)34-15-16-5-8-20(26)9-6-16)11-18(14-30)24(32)31-21-4-2-3-19(13-21)25(27,28)29/h2-13H,15H2,1H3,(H,31,32)/b18-11+. The average molecular weight is 487 g/mol. The Bertz CT molecular complexity index is 1250. The van der Waals surface area contributed by atoms with Crippen LogP contribution in [0.2, 0.25) is 5.02 Å². The molecule has 9 heteroatoms. The van der Waals surface area contributed by atoms with E-state index in [0.717, 1.165) is 17.7 Å². The molecule has 0 unspecified atom stereocenters. The summed E-state index contributed by atoms with van der Waals surface area (Å²) in [5.41, 5.74) is 0.0744. The quantitative estimate of drug-likeness (QED) is 0.306. The number of alkyl halides is 3. The van der Waals surface area contributed by atoms with Crippen LogP contribution in [-0.2, 0) is 17.6 Å². The normalized spacial score (nSPS) is 11.5. The van der Waals surface area contributed by atoms with E-state index in [1.54, 1.807) is 36.4 Å². The molecule has 174 valence electrons. The maximum Gasteiger partial charge on any atom is 0.416 e. The van der Waals surface area contributed by atoms with E-state index in [1.807, 2.05) is 12.1 Å². The molecule has 0 saturated carbocycles. The molecule has 0 radical (unpaired) electrons. The summed E-state index contributed by atoms with van der Waals surface area (Å²) >= 11 is 5.88. The fourth-order valence-electron chi connectivity index (χ4n) is 2.92. The summed E-state index contributed by atoms with van der Waals surface area (Å²) in [5, 5.41) is 12.3. The fraction of sp³-hybridized carbons (Fsp3) is 0.120. The molecule has 3 aromatic carbocycles. The van der Waals surface area contributed by atoms with E-state index in [4.69, 9.17) is 21.1 Å². The molecule has 0 aliphatic rings. The highest BCUT2D eigenvalue weighted by molar-refractivity contribution is 6.30. The van der Waals surface area contributed by atoms with E-state index in [2.05, 4.69) is 5.32 Å². The summed E-state index contributed by atoms with van der Waals surface area (Å²) in [6.45, 7) is 0.269. The van der Waals surface area contributed by atoms with Gasteiger partial charge in [0.25, 0.3) is 5.91 Å². The lowest BCUT2D eigenvalue weighted by Gasteiger charge is -2.12. The second-order valence-electron chi connectivity index (χ2n) is 7.03. The number of halogens is 4. The van der Waals surface area contributed by atoms with Crippen LogP contribution in [0.3, 0.4) is 0 Å². The van der Waals surface area contributed by atoms with Gasteiger partial charge in [-0.2, -0.15) is 18.4 Å². The molecule has 3 rings (SSSR count). The van der Waals surface area contributed by atoms with E-state index in [0.29, 0.717) is 22.1 Å². The fourth-order valence-corrected chi connectivity index (χ4v) is 3.05. The lowest BCUT2D eigenvalue weighted by molar-refractivity contribution is -0.137. The first kappa shape index (κ1) is 24.7. The van der Waals surface area contributed by atoms with E-state index < -0.39 is 17.6 Å². The number of nitrogens with one attached hydrogen (secondary N) is 1. The zero-order valence-corrected chi connectivity index (χ0v) is 18.6. The van der Waals surface area contributed by atoms with Gasteiger partial charge in [0.2, 0.25) is 0 Å². The first-order valence-electron chi connectivity index (χ1n) is 9.85. The number of amides is 1. The van der Waals surface area contributed by atoms with Crippen molar-refractivity contribution >= 4 is 29.3 Å². The maximum atomic E-state index is 12.9. The highest BCUT2D eigenvalue weighted by Gasteiger charge is 2.30. The minimum absolute atomic E-state index is 0.0792. The van der Waals surface area contributed by atoms with Gasteiger partial charge in [0.05, 0.1) is 12.7 Å². The minimum atomic E-state index is -4.55. The van der Waals surface area contributed by atoms with Gasteiger partial charge in [-0.3, -0.25) is 4.79 Å². The molecule has 0 aromatic heterocycles. The van der Waals surface area contributed by atoms with Crippen LogP contribution in [0.5, 0.6) is 11.5 Å². The number of benzene rings is 3. The molecule has 5 nitrogen and oxygen atoms in total. The number of anilines is 1. The van der Waals surface area contributed by atoms with Gasteiger partial charge in [0.15, 0.2) is 11.5 Å². The molecule has 0 fully saturated rings. The van der Waals surface area contributed by atoms with Crippen LogP contribution >= 0.6 is 11.6 Å². The molecule has 0 atom stereocenters. The largest absolute Gasteiger partial charge is 0.493 e. The van der Waals surface area contributed by atoms with Crippen LogP contribution < -0.4 is 14.8 Å². The van der Waals surface area contributed by atoms with Gasteiger partial charge >= 0.3 is 6.18 Å². The summed E-state index contributed by atoms with van der Waals surface area (Å²) < 4.78 is 49.8. The molecule has 0 bridgehead atoms. The molecular formula is C25H18ClF3N2O3. The van der Waals surface area contributed by atoms with Crippen molar-refractivity contribution in [2.75, 3.05) is 12.4 Å². The van der Waals surface area contributed by atoms with Crippen molar-refractivity contribution in [1.29, 1.82) is 5.26 Å². The summed E-state index contributed by atoms with van der Waals surface area (Å²) in [6, 6.07) is 17.9. The number of ether oxygens (including phenoxy) is 2. The SMILES string of the molecule is COc1cc(/C=C(\C#N)C(=O)Nc2cccc(C(F)(F)F)c2)ccc1OCc1ccc(Cl)cc1. The first-order chi connectivity index (χ1) is 16.2. The Hall–Kier alpha value is -3.96. The van der Waals surface area contributed by atoms with Crippen molar-refractivity contribution in [2.24, 2.45) is 0 Å². The minimum Gasteiger partial charge on any atom is -0.493 e. The van der Waals surface area contributed by atoms with Gasteiger partial charge in [-0.1, -0.05) is 35.9 Å². The van der Waals surface area contributed by atoms with E-state index in [9.17, 15) is 23.2 Å². The topological polar surface area (TPSA) is 71.3 Å². The predicted molar refractivity (Wildman–Crippen MR) is 122 cm³/mol. The Kier molecular flexibility index (Phi) is 7.82. The Morgan fingerprint density at radius 1 is 1.09 bits per heavy atom. The lowest BCUT2D eigenvalue weighted by atomic mass is 10.1. The number of nitriles is 1. The third kappa shape index (κ3) is 6.53. The van der Waals surface area contributed by atoms with Gasteiger partial charge in [-0.15, -0.1) is 0 Å². The van der Waals surface area contributed by atoms with Gasteiger partial charge in [0.1, 0.15) is 18.2 Å². The summed E-state index contributed by atoms with van der Waals surface area (Å²) in [7, 11) is 1.45. The second-order valence-corrected chi connectivity index (χ2v) is 7.46. The van der Waals surface area contributed by atoms with Crippen molar-refractivity contribution in [3.05, 3.63) is 94.0 Å². The van der Waals surface area contributed by atoms with E-state index in [1.165, 1.54) is 25.3 Å². The van der Waals surface area contributed by atoms with Gasteiger partial charge in [0, 0.05) is 10.7 Å². The number of hydrogen-bond acceptors (Lipinski definition) is 4. The molecule has 1 amide bonds. The zero-order chi connectivity index (χ0) is 24.7. The Labute approximate surface area is 199 Å². The lowest BCUT2D eigenvalue weighted by Crippen LogP contribution is -2.14. The second kappa shape index (κ2) is 10.8. The molecule has 0 aliphatic heterocycles. The van der Waals surface area contributed by atoms with Crippen LogP contribution in [0, 0.1) is 11.3 Å². The Morgan fingerprint density at radius 2 is 1.82 bits per heavy atom. The smallest absolute Gasteiger partial charge is 0.416 e. The molecule has 0 saturated heterocycles. The van der Waals surface area contributed by atoms with Crippen molar-refractivity contribution in [1.82, 2.24) is 0 Å². The molecule has 0 spiro atoms. The van der Waals surface area contributed by atoms with Crippen molar-refractivity contribution in [3.8, 4) is 17.6 Å². The summed E-state index contributed by atoms with van der Waals surface area (Å²) in [6.07, 6.45) is -3.25. The highest BCUT2D eigenvalue weighted by Crippen LogP contribution is 2.31. The number of hydrogen-bond donors (Lipinski definition) is 1. The molecular weight excluding hydrogens is 469 g/mol. The Balaban J connectivity index is 1.75. The Morgan fingerprint density at radius 3 is 2.47 bits per heavy atom. The van der Waals surface area contributed by atoms with Crippen LogP contribution in [0.25, 0.3) is 6.08 Å². The number of nitrogens with zero attached hydrogens (tertiary/aromatic N) is 1. The average Bonchev–Trinajstić information content (AvgIpc) is 2.82. The third-order valence-corrected chi connectivity index (χ3v) is 4.87. The molecule has 34 heavy (non-hydrogen) atoms. The number of methoxy groups -OCH3 is 1. The number of carbonyl (C=O) groups is 1. The van der Waals surface area contributed by atoms with E-state index >= 15 is 0 Å². The van der Waals surface area contributed by atoms with Crippen LogP contribution in [0.1, 0.15) is 16.7 Å². The summed E-state index contributed by atoms with van der Waals surface area (Å²) in [4.78, 5) is 12.5. The zero-order valence-electron chi connectivity index (χ0n) is 17.8. The monoisotopic (exact) mass is 486 g/mol. The first-order valence-corrected chi connectivity index (χ1v) is 10.2. The number of rotatable bonds is 7. The van der Waals surface area contributed by atoms with Crippen molar-refractivity contribution < 1.29 is 27.4 Å². The van der Waals surface area contributed by atoms with Crippen LogP contribution in [0.15, 0.2) is 72.3 Å². The number of carbonyl (C=O) groups excluding carboxylic acids is 1. The van der Waals surface area contributed by atoms with Crippen molar-refractivity contribution in [3.63, 3.8) is 0 Å². The van der Waals surface area contributed by atoms with Gasteiger partial charge < -0.3 is 14.8 Å². The maximum absolute atomic E-state index is 12.9. The third-order valence-electron chi connectivity index (χ3n) is 4.62. The molecule has 3 aromatic rings. The highest BCUT2D eigenvalue weighted by atomic mass is 35.5. The molecule has 1 N–H and O–H groups in total.